The van der Waals surface area contributed by atoms with Gasteiger partial charge in [0.25, 0.3) is 0 Å². The number of ether oxygens (including phenoxy) is 1. The average Bonchev–Trinajstić information content (AvgIpc) is 2.26. The zero-order chi connectivity index (χ0) is 9.80. The van der Waals surface area contributed by atoms with Gasteiger partial charge in [-0.1, -0.05) is 25.1 Å². The van der Waals surface area contributed by atoms with Gasteiger partial charge in [0.05, 0.1) is 6.61 Å². The second kappa shape index (κ2) is 4.47. The van der Waals surface area contributed by atoms with Gasteiger partial charge >= 0.3 is 0 Å². The van der Waals surface area contributed by atoms with Gasteiger partial charge in [-0.15, -0.1) is 0 Å². The number of hydrogen-bond donors (Lipinski definition) is 1. The highest BCUT2D eigenvalue weighted by molar-refractivity contribution is 5.37. The van der Waals surface area contributed by atoms with Crippen LogP contribution in [-0.4, -0.2) is 13.2 Å². The highest BCUT2D eigenvalue weighted by Gasteiger charge is 2.19. The molecule has 0 radical (unpaired) electrons. The summed E-state index contributed by atoms with van der Waals surface area (Å²) in [5.74, 6) is 1.05. The van der Waals surface area contributed by atoms with Crippen molar-refractivity contribution in [3.63, 3.8) is 0 Å². The van der Waals surface area contributed by atoms with Gasteiger partial charge in [-0.3, -0.25) is 0 Å². The van der Waals surface area contributed by atoms with E-state index in [-0.39, 0.29) is 0 Å². The van der Waals surface area contributed by atoms with Crippen LogP contribution in [0.4, 0.5) is 0 Å². The molecule has 0 bridgehead atoms. The number of benzene rings is 1. The topological polar surface area (TPSA) is 21.3 Å². The van der Waals surface area contributed by atoms with Crippen LogP contribution in [0.2, 0.25) is 0 Å². The molecule has 0 aromatic heterocycles. The number of rotatable bonds is 3. The maximum Gasteiger partial charge on any atom is 0.124 e. The average molecular weight is 191 g/mol. The fraction of sp³-hybridized carbons (Fsp3) is 0.500. The molecule has 2 rings (SSSR count). The van der Waals surface area contributed by atoms with E-state index in [4.69, 9.17) is 4.74 Å². The number of nitrogens with one attached hydrogen (secondary N) is 1. The zero-order valence-corrected chi connectivity index (χ0v) is 8.62. The molecule has 1 unspecified atom stereocenters. The van der Waals surface area contributed by atoms with Crippen molar-refractivity contribution in [2.45, 2.75) is 25.8 Å². The minimum Gasteiger partial charge on any atom is -0.493 e. The number of fused-ring (bicyclic) bond motifs is 1. The molecule has 1 aromatic carbocycles. The predicted octanol–water partition coefficient (Wildman–Crippen LogP) is 2.51. The van der Waals surface area contributed by atoms with Gasteiger partial charge in [-0.05, 0) is 19.0 Å². The number of hydrogen-bond acceptors (Lipinski definition) is 2. The monoisotopic (exact) mass is 191 g/mol. The molecule has 0 saturated carbocycles. The molecule has 1 N–H and O–H groups in total. The van der Waals surface area contributed by atoms with E-state index in [2.05, 4.69) is 30.4 Å². The Kier molecular flexibility index (Phi) is 3.04. The molecule has 2 heteroatoms. The largest absolute Gasteiger partial charge is 0.493 e. The Morgan fingerprint density at radius 1 is 1.43 bits per heavy atom. The van der Waals surface area contributed by atoms with Crippen molar-refractivity contribution in [1.82, 2.24) is 5.32 Å². The van der Waals surface area contributed by atoms with Crippen molar-refractivity contribution in [1.29, 1.82) is 0 Å². The molecule has 2 nitrogen and oxygen atoms in total. The lowest BCUT2D eigenvalue weighted by Gasteiger charge is -2.26. The SMILES string of the molecule is CCCNC1CCOc2ccccc21. The summed E-state index contributed by atoms with van der Waals surface area (Å²) in [6.45, 7) is 4.11. The van der Waals surface area contributed by atoms with Gasteiger partial charge in [-0.2, -0.15) is 0 Å². The van der Waals surface area contributed by atoms with Gasteiger partial charge in [0.1, 0.15) is 5.75 Å². The third kappa shape index (κ3) is 1.90. The normalized spacial score (nSPS) is 19.9. The van der Waals surface area contributed by atoms with E-state index in [1.807, 2.05) is 6.07 Å². The van der Waals surface area contributed by atoms with Crippen LogP contribution in [0.5, 0.6) is 5.75 Å². The molecule has 1 heterocycles. The summed E-state index contributed by atoms with van der Waals surface area (Å²) < 4.78 is 5.59. The lowest BCUT2D eigenvalue weighted by atomic mass is 10.0. The molecule has 1 aromatic rings. The third-order valence-electron chi connectivity index (χ3n) is 2.60. The molecular weight excluding hydrogens is 174 g/mol. The molecule has 14 heavy (non-hydrogen) atoms. The first-order valence-electron chi connectivity index (χ1n) is 5.37. The smallest absolute Gasteiger partial charge is 0.124 e. The molecular formula is C12H17NO. The third-order valence-corrected chi connectivity index (χ3v) is 2.60. The Balaban J connectivity index is 2.14. The summed E-state index contributed by atoms with van der Waals surface area (Å²) in [5.41, 5.74) is 1.31. The van der Waals surface area contributed by atoms with Crippen LogP contribution in [0, 0.1) is 0 Å². The van der Waals surface area contributed by atoms with Crippen molar-refractivity contribution < 1.29 is 4.74 Å². The first kappa shape index (κ1) is 9.53. The van der Waals surface area contributed by atoms with Crippen LogP contribution in [0.1, 0.15) is 31.4 Å². The van der Waals surface area contributed by atoms with E-state index in [1.165, 1.54) is 12.0 Å². The summed E-state index contributed by atoms with van der Waals surface area (Å²) in [5, 5.41) is 3.55. The van der Waals surface area contributed by atoms with E-state index in [0.29, 0.717) is 6.04 Å². The second-order valence-electron chi connectivity index (χ2n) is 3.68. The first-order valence-corrected chi connectivity index (χ1v) is 5.37. The Morgan fingerprint density at radius 3 is 3.14 bits per heavy atom. The van der Waals surface area contributed by atoms with Gasteiger partial charge in [0, 0.05) is 18.0 Å². The molecule has 1 aliphatic heterocycles. The quantitative estimate of drug-likeness (QED) is 0.792. The summed E-state index contributed by atoms with van der Waals surface area (Å²) in [7, 11) is 0. The Labute approximate surface area is 85.3 Å². The van der Waals surface area contributed by atoms with Crippen LogP contribution >= 0.6 is 0 Å². The number of para-hydroxylation sites is 1. The molecule has 0 spiro atoms. The summed E-state index contributed by atoms with van der Waals surface area (Å²) in [4.78, 5) is 0. The predicted molar refractivity (Wildman–Crippen MR) is 57.6 cm³/mol. The second-order valence-corrected chi connectivity index (χ2v) is 3.68. The lowest BCUT2D eigenvalue weighted by molar-refractivity contribution is 0.253. The highest BCUT2D eigenvalue weighted by Crippen LogP contribution is 2.31. The van der Waals surface area contributed by atoms with Crippen molar-refractivity contribution >= 4 is 0 Å². The standard InChI is InChI=1S/C12H17NO/c1-2-8-13-11-7-9-14-12-6-4-3-5-10(11)12/h3-6,11,13H,2,7-9H2,1H3. The Hall–Kier alpha value is -1.02. The molecule has 1 aliphatic rings. The van der Waals surface area contributed by atoms with Crippen LogP contribution in [0.25, 0.3) is 0 Å². The Morgan fingerprint density at radius 2 is 2.29 bits per heavy atom. The van der Waals surface area contributed by atoms with Crippen LogP contribution in [0.15, 0.2) is 24.3 Å². The van der Waals surface area contributed by atoms with Crippen molar-refractivity contribution in [3.05, 3.63) is 29.8 Å². The minimum atomic E-state index is 0.486. The molecule has 0 amide bonds. The van der Waals surface area contributed by atoms with E-state index in [1.54, 1.807) is 0 Å². The zero-order valence-electron chi connectivity index (χ0n) is 8.62. The summed E-state index contributed by atoms with van der Waals surface area (Å²) in [6.07, 6.45) is 2.26. The molecule has 0 saturated heterocycles. The van der Waals surface area contributed by atoms with Crippen molar-refractivity contribution in [2.24, 2.45) is 0 Å². The first-order chi connectivity index (χ1) is 6.92. The summed E-state index contributed by atoms with van der Waals surface area (Å²) in [6, 6.07) is 8.80. The molecule has 0 aliphatic carbocycles. The van der Waals surface area contributed by atoms with Crippen molar-refractivity contribution in [2.75, 3.05) is 13.2 Å². The fourth-order valence-corrected chi connectivity index (χ4v) is 1.87. The highest BCUT2D eigenvalue weighted by atomic mass is 16.5. The van der Waals surface area contributed by atoms with E-state index in [9.17, 15) is 0 Å². The van der Waals surface area contributed by atoms with E-state index < -0.39 is 0 Å². The Bertz CT molecular complexity index is 298. The van der Waals surface area contributed by atoms with Crippen molar-refractivity contribution in [3.8, 4) is 5.75 Å². The van der Waals surface area contributed by atoms with Crippen LogP contribution < -0.4 is 10.1 Å². The molecule has 0 fully saturated rings. The van der Waals surface area contributed by atoms with Crippen LogP contribution in [-0.2, 0) is 0 Å². The minimum absolute atomic E-state index is 0.486. The van der Waals surface area contributed by atoms with E-state index >= 15 is 0 Å². The van der Waals surface area contributed by atoms with Gasteiger partial charge in [0.2, 0.25) is 0 Å². The van der Waals surface area contributed by atoms with Gasteiger partial charge in [0.15, 0.2) is 0 Å². The lowest BCUT2D eigenvalue weighted by Crippen LogP contribution is -2.27. The van der Waals surface area contributed by atoms with Gasteiger partial charge < -0.3 is 10.1 Å². The van der Waals surface area contributed by atoms with E-state index in [0.717, 1.165) is 25.3 Å². The maximum absolute atomic E-state index is 5.59. The summed E-state index contributed by atoms with van der Waals surface area (Å²) >= 11 is 0. The van der Waals surface area contributed by atoms with Gasteiger partial charge in [-0.25, -0.2) is 0 Å². The fourth-order valence-electron chi connectivity index (χ4n) is 1.87. The maximum atomic E-state index is 5.59. The molecule has 76 valence electrons. The molecule has 1 atom stereocenters. The van der Waals surface area contributed by atoms with Crippen LogP contribution in [0.3, 0.4) is 0 Å².